The lowest BCUT2D eigenvalue weighted by atomic mass is 10.0. The van der Waals surface area contributed by atoms with Gasteiger partial charge >= 0.3 is 0 Å². The summed E-state index contributed by atoms with van der Waals surface area (Å²) in [7, 11) is 0. The summed E-state index contributed by atoms with van der Waals surface area (Å²) in [5, 5.41) is 4.81. The van der Waals surface area contributed by atoms with Gasteiger partial charge in [0, 0.05) is 37.1 Å². The molecule has 0 unspecified atom stereocenters. The van der Waals surface area contributed by atoms with E-state index in [0.29, 0.717) is 25.6 Å². The first-order chi connectivity index (χ1) is 13.5. The van der Waals surface area contributed by atoms with Crippen molar-refractivity contribution in [1.82, 2.24) is 9.88 Å². The maximum absolute atomic E-state index is 13.3. The zero-order valence-corrected chi connectivity index (χ0v) is 17.4. The number of alkyl halides is 1. The Kier molecular flexibility index (Phi) is 5.72. The highest BCUT2D eigenvalue weighted by molar-refractivity contribution is 5.88. The van der Waals surface area contributed by atoms with E-state index in [1.54, 1.807) is 0 Å². The number of aryl methyl sites for hydroxylation is 2. The van der Waals surface area contributed by atoms with E-state index in [9.17, 15) is 4.39 Å². The number of likely N-dealkylation sites (tertiary alicyclic amines) is 1. The number of nitrogens with one attached hydrogen (secondary N) is 1. The van der Waals surface area contributed by atoms with Crippen molar-refractivity contribution in [1.29, 1.82) is 0 Å². The van der Waals surface area contributed by atoms with E-state index in [0.717, 1.165) is 55.0 Å². The Labute approximate surface area is 167 Å². The van der Waals surface area contributed by atoms with Crippen LogP contribution in [0.1, 0.15) is 49.8 Å². The number of pyridine rings is 1. The molecule has 0 saturated carbocycles. The molecule has 5 heteroatoms. The van der Waals surface area contributed by atoms with Crippen molar-refractivity contribution < 1.29 is 9.13 Å². The van der Waals surface area contributed by atoms with E-state index in [1.165, 1.54) is 22.9 Å². The topological polar surface area (TPSA) is 37.4 Å². The van der Waals surface area contributed by atoms with Gasteiger partial charge in [0.1, 0.15) is 17.7 Å². The molecule has 1 N–H and O–H groups in total. The molecular formula is C23H32FN3O. The molecule has 0 bridgehead atoms. The van der Waals surface area contributed by atoms with Gasteiger partial charge in [-0.05, 0) is 75.6 Å². The maximum atomic E-state index is 13.3. The monoisotopic (exact) mass is 385 g/mol. The molecule has 1 fully saturated rings. The van der Waals surface area contributed by atoms with Crippen LogP contribution in [0.3, 0.4) is 0 Å². The minimum atomic E-state index is -0.648. The number of hydrogen-bond acceptors (Lipinski definition) is 4. The Morgan fingerprint density at radius 1 is 1.29 bits per heavy atom. The third-order valence-electron chi connectivity index (χ3n) is 5.87. The van der Waals surface area contributed by atoms with E-state index in [2.05, 4.69) is 43.1 Å². The summed E-state index contributed by atoms with van der Waals surface area (Å²) in [4.78, 5) is 7.14. The van der Waals surface area contributed by atoms with Gasteiger partial charge in [-0.1, -0.05) is 0 Å². The summed E-state index contributed by atoms with van der Waals surface area (Å²) < 4.78 is 19.4. The average molecular weight is 386 g/mol. The van der Waals surface area contributed by atoms with E-state index >= 15 is 0 Å². The largest absolute Gasteiger partial charge is 0.493 e. The van der Waals surface area contributed by atoms with E-state index < -0.39 is 6.17 Å². The van der Waals surface area contributed by atoms with Gasteiger partial charge in [-0.25, -0.2) is 9.37 Å². The minimum absolute atomic E-state index is 0.366. The molecule has 0 spiro atoms. The molecule has 4 rings (SSSR count). The summed E-state index contributed by atoms with van der Waals surface area (Å²) in [5.74, 6) is 1.96. The van der Waals surface area contributed by atoms with Crippen LogP contribution in [-0.2, 0) is 12.8 Å². The van der Waals surface area contributed by atoms with Crippen LogP contribution in [0.25, 0.3) is 10.9 Å². The normalized spacial score (nSPS) is 19.5. The summed E-state index contributed by atoms with van der Waals surface area (Å²) in [6, 6.07) is 4.71. The predicted octanol–water partition coefficient (Wildman–Crippen LogP) is 4.66. The Bertz CT molecular complexity index is 852. The van der Waals surface area contributed by atoms with Gasteiger partial charge in [-0.15, -0.1) is 0 Å². The smallest absolute Gasteiger partial charge is 0.130 e. The third kappa shape index (κ3) is 4.09. The number of nitrogens with zero attached hydrogens (tertiary/aromatic N) is 2. The van der Waals surface area contributed by atoms with Crippen LogP contribution >= 0.6 is 0 Å². The highest BCUT2D eigenvalue weighted by atomic mass is 19.1. The predicted molar refractivity (Wildman–Crippen MR) is 113 cm³/mol. The molecule has 28 heavy (non-hydrogen) atoms. The second-order valence-electron chi connectivity index (χ2n) is 8.59. The number of ether oxygens (including phenoxy) is 1. The first-order valence-corrected chi connectivity index (χ1v) is 10.7. The second kappa shape index (κ2) is 8.24. The molecule has 1 atom stereocenters. The van der Waals surface area contributed by atoms with Crippen LogP contribution < -0.4 is 10.1 Å². The number of hydrogen-bond donors (Lipinski definition) is 1. The summed E-state index contributed by atoms with van der Waals surface area (Å²) in [6.45, 7) is 9.44. The molecule has 0 radical (unpaired) electrons. The molecular weight excluding hydrogens is 353 g/mol. The van der Waals surface area contributed by atoms with Crippen LogP contribution in [0, 0.1) is 6.92 Å². The van der Waals surface area contributed by atoms with Gasteiger partial charge in [0.15, 0.2) is 0 Å². The number of halogens is 1. The van der Waals surface area contributed by atoms with Crippen molar-refractivity contribution in [2.75, 3.05) is 31.6 Å². The quantitative estimate of drug-likeness (QED) is 0.703. The molecule has 2 aliphatic rings. The molecule has 4 nitrogen and oxygen atoms in total. The van der Waals surface area contributed by atoms with Crippen LogP contribution in [-0.4, -0.2) is 48.3 Å². The molecule has 0 amide bonds. The lowest BCUT2D eigenvalue weighted by molar-refractivity contribution is 0.248. The molecule has 1 aliphatic heterocycles. The summed E-state index contributed by atoms with van der Waals surface area (Å²) in [5.41, 5.74) is 5.03. The fraction of sp³-hybridized carbons (Fsp3) is 0.609. The number of anilines is 1. The van der Waals surface area contributed by atoms with Crippen molar-refractivity contribution in [3.8, 4) is 5.75 Å². The van der Waals surface area contributed by atoms with Crippen molar-refractivity contribution in [3.05, 3.63) is 28.8 Å². The van der Waals surface area contributed by atoms with Gasteiger partial charge in [-0.2, -0.15) is 0 Å². The lowest BCUT2D eigenvalue weighted by Gasteiger charge is -2.18. The Morgan fingerprint density at radius 2 is 2.11 bits per heavy atom. The van der Waals surface area contributed by atoms with E-state index in [1.807, 2.05) is 0 Å². The van der Waals surface area contributed by atoms with Gasteiger partial charge in [0.05, 0.1) is 12.1 Å². The van der Waals surface area contributed by atoms with Crippen LogP contribution in [0.4, 0.5) is 10.2 Å². The number of fused-ring (bicyclic) bond motifs is 3. The van der Waals surface area contributed by atoms with Gasteiger partial charge in [0.25, 0.3) is 0 Å². The fourth-order valence-corrected chi connectivity index (χ4v) is 4.51. The van der Waals surface area contributed by atoms with Crippen LogP contribution in [0.5, 0.6) is 5.75 Å². The maximum Gasteiger partial charge on any atom is 0.130 e. The van der Waals surface area contributed by atoms with Crippen molar-refractivity contribution >= 4 is 16.7 Å². The first-order valence-electron chi connectivity index (χ1n) is 10.7. The minimum Gasteiger partial charge on any atom is -0.493 e. The molecule has 1 aromatic carbocycles. The van der Waals surface area contributed by atoms with Crippen LogP contribution in [0.15, 0.2) is 12.1 Å². The lowest BCUT2D eigenvalue weighted by Crippen LogP contribution is -2.23. The molecule has 152 valence electrons. The van der Waals surface area contributed by atoms with Crippen molar-refractivity contribution in [2.24, 2.45) is 0 Å². The van der Waals surface area contributed by atoms with Gasteiger partial charge < -0.3 is 15.0 Å². The van der Waals surface area contributed by atoms with Gasteiger partial charge in [0.2, 0.25) is 0 Å². The fourth-order valence-electron chi connectivity index (χ4n) is 4.51. The first kappa shape index (κ1) is 19.4. The Hall–Kier alpha value is -1.88. The standard InChI is InChI=1S/C23H32FN3O/c1-15(2)25-23-19-7-4-6-18(19)20-12-16(3)22(13-21(20)26-23)28-11-5-9-27-10-8-17(24)14-27/h12-13,15,17H,4-11,14H2,1-3H3,(H,25,26)/t17-/m0/s1. The summed E-state index contributed by atoms with van der Waals surface area (Å²) >= 11 is 0. The number of benzene rings is 1. The molecule has 1 aliphatic carbocycles. The van der Waals surface area contributed by atoms with Crippen molar-refractivity contribution in [3.63, 3.8) is 0 Å². The molecule has 1 aromatic heterocycles. The number of rotatable bonds is 7. The molecule has 1 saturated heterocycles. The summed E-state index contributed by atoms with van der Waals surface area (Å²) in [6.07, 6.45) is 4.39. The highest BCUT2D eigenvalue weighted by Gasteiger charge is 2.22. The third-order valence-corrected chi connectivity index (χ3v) is 5.87. The van der Waals surface area contributed by atoms with Gasteiger partial charge in [-0.3, -0.25) is 0 Å². The Balaban J connectivity index is 1.49. The molecule has 2 aromatic rings. The Morgan fingerprint density at radius 3 is 2.86 bits per heavy atom. The SMILES string of the molecule is Cc1cc2c3c(c(NC(C)C)nc2cc1OCCCN1CC[C@H](F)C1)CCC3. The zero-order valence-electron chi connectivity index (χ0n) is 17.4. The van der Waals surface area contributed by atoms with Crippen molar-refractivity contribution in [2.45, 2.75) is 65.1 Å². The zero-order chi connectivity index (χ0) is 19.7. The van der Waals surface area contributed by atoms with E-state index in [4.69, 9.17) is 9.72 Å². The number of aromatic nitrogens is 1. The van der Waals surface area contributed by atoms with Crippen LogP contribution in [0.2, 0.25) is 0 Å². The highest BCUT2D eigenvalue weighted by Crippen LogP contribution is 2.36. The average Bonchev–Trinajstić information content (AvgIpc) is 3.29. The second-order valence-corrected chi connectivity index (χ2v) is 8.59. The molecule has 2 heterocycles. The van der Waals surface area contributed by atoms with E-state index in [-0.39, 0.29) is 0 Å².